The van der Waals surface area contributed by atoms with Crippen molar-refractivity contribution in [2.45, 2.75) is 32.1 Å². The van der Waals surface area contributed by atoms with E-state index in [-0.39, 0.29) is 36.4 Å². The molecule has 1 unspecified atom stereocenters. The minimum Gasteiger partial charge on any atom is -0.396 e. The number of aliphatic hydroxyl groups excluding tert-OH is 1. The second-order valence-corrected chi connectivity index (χ2v) is 8.09. The molecule has 2 rings (SSSR count). The quantitative estimate of drug-likeness (QED) is 0.197. The molecule has 2 amide bonds. The van der Waals surface area contributed by atoms with Gasteiger partial charge in [0, 0.05) is 41.9 Å². The van der Waals surface area contributed by atoms with E-state index in [1.54, 1.807) is 24.9 Å². The number of nitrogen functional groups attached to an aromatic ring is 1. The molecule has 0 bridgehead atoms. The van der Waals surface area contributed by atoms with Crippen LogP contribution in [0.2, 0.25) is 0 Å². The molecule has 1 fully saturated rings. The number of benzene rings is 1. The third kappa shape index (κ3) is 7.85. The second-order valence-electron chi connectivity index (χ2n) is 6.86. The summed E-state index contributed by atoms with van der Waals surface area (Å²) in [4.78, 5) is 24.0. The van der Waals surface area contributed by atoms with Crippen molar-refractivity contribution < 1.29 is 23.8 Å². The number of ether oxygens (including phenoxy) is 1. The predicted octanol–water partition coefficient (Wildman–Crippen LogP) is 0.978. The molecule has 1 aliphatic rings. The van der Waals surface area contributed by atoms with Gasteiger partial charge in [0.25, 0.3) is 5.91 Å². The zero-order chi connectivity index (χ0) is 21.9. The topological polar surface area (TPSA) is 126 Å². The summed E-state index contributed by atoms with van der Waals surface area (Å²) in [5.41, 5.74) is 6.26. The van der Waals surface area contributed by atoms with Crippen LogP contribution < -0.4 is 21.7 Å². The number of amides is 2. The number of thioether (sulfide) groups is 1. The number of nitrogens with one attached hydrogen (secondary N) is 3. The Morgan fingerprint density at radius 3 is 2.70 bits per heavy atom. The van der Waals surface area contributed by atoms with Crippen molar-refractivity contribution in [2.24, 2.45) is 0 Å². The van der Waals surface area contributed by atoms with Gasteiger partial charge in [-0.05, 0) is 38.0 Å². The third-order valence-corrected chi connectivity index (χ3v) is 5.46. The standard InChI is InChI=1S/C20H29FN4O4S/c1-13(11-25-18-5-3-15(12-26)29-18)19(27)23-6-8-30-9-7-24-20(28)14-2-4-16(21)17(22)10-14/h2,4,10-11,15,18,25-26H,3,5-9,12,22H2,1H3,(H,23,27)(H,24,28)/b13-11-/t15-,18?/m0/s1. The molecule has 10 heteroatoms. The van der Waals surface area contributed by atoms with Gasteiger partial charge in [-0.3, -0.25) is 9.59 Å². The van der Waals surface area contributed by atoms with Crippen molar-refractivity contribution in [3.8, 4) is 0 Å². The van der Waals surface area contributed by atoms with Gasteiger partial charge in [0.2, 0.25) is 5.91 Å². The van der Waals surface area contributed by atoms with Gasteiger partial charge in [0.05, 0.1) is 18.4 Å². The van der Waals surface area contributed by atoms with Crippen LogP contribution >= 0.6 is 11.8 Å². The van der Waals surface area contributed by atoms with Gasteiger partial charge in [-0.15, -0.1) is 0 Å². The maximum absolute atomic E-state index is 13.1. The number of carbonyl (C=O) groups is 2. The molecule has 0 aliphatic carbocycles. The minimum atomic E-state index is -0.549. The first-order valence-corrected chi connectivity index (χ1v) is 10.9. The number of carbonyl (C=O) groups excluding carboxylic acids is 2. The van der Waals surface area contributed by atoms with Crippen LogP contribution in [-0.2, 0) is 9.53 Å². The van der Waals surface area contributed by atoms with Crippen LogP contribution in [0.3, 0.4) is 0 Å². The highest BCUT2D eigenvalue weighted by Crippen LogP contribution is 2.17. The Labute approximate surface area is 179 Å². The van der Waals surface area contributed by atoms with Crippen molar-refractivity contribution in [1.29, 1.82) is 0 Å². The summed E-state index contributed by atoms with van der Waals surface area (Å²) < 4.78 is 18.7. The fourth-order valence-corrected chi connectivity index (χ4v) is 3.45. The Morgan fingerprint density at radius 1 is 1.30 bits per heavy atom. The van der Waals surface area contributed by atoms with Crippen molar-refractivity contribution >= 4 is 29.3 Å². The van der Waals surface area contributed by atoms with Crippen molar-refractivity contribution in [2.75, 3.05) is 36.9 Å². The molecule has 0 aromatic heterocycles. The van der Waals surface area contributed by atoms with Crippen LogP contribution in [0, 0.1) is 5.82 Å². The average molecular weight is 441 g/mol. The Bertz CT molecular complexity index is 762. The van der Waals surface area contributed by atoms with E-state index in [0.717, 1.165) is 12.8 Å². The average Bonchev–Trinajstić information content (AvgIpc) is 3.21. The number of hydrogen-bond acceptors (Lipinski definition) is 7. The molecule has 1 saturated heterocycles. The lowest BCUT2D eigenvalue weighted by Crippen LogP contribution is -2.30. The molecule has 1 aromatic rings. The van der Waals surface area contributed by atoms with E-state index >= 15 is 0 Å². The van der Waals surface area contributed by atoms with Gasteiger partial charge in [-0.2, -0.15) is 11.8 Å². The molecule has 0 saturated carbocycles. The van der Waals surface area contributed by atoms with Crippen LogP contribution in [-0.4, -0.2) is 60.5 Å². The molecule has 30 heavy (non-hydrogen) atoms. The van der Waals surface area contributed by atoms with Crippen LogP contribution in [0.15, 0.2) is 30.0 Å². The van der Waals surface area contributed by atoms with Gasteiger partial charge < -0.3 is 31.5 Å². The molecular formula is C20H29FN4O4S. The van der Waals surface area contributed by atoms with Crippen molar-refractivity contribution in [3.63, 3.8) is 0 Å². The number of hydrogen-bond donors (Lipinski definition) is 5. The Morgan fingerprint density at radius 2 is 2.03 bits per heavy atom. The van der Waals surface area contributed by atoms with E-state index in [9.17, 15) is 14.0 Å². The molecule has 1 aliphatic heterocycles. The van der Waals surface area contributed by atoms with Gasteiger partial charge in [0.1, 0.15) is 12.0 Å². The molecule has 1 heterocycles. The van der Waals surface area contributed by atoms with E-state index in [2.05, 4.69) is 16.0 Å². The fourth-order valence-electron chi connectivity index (χ4n) is 2.75. The fraction of sp³-hybridized carbons (Fsp3) is 0.500. The minimum absolute atomic E-state index is 0.00355. The number of aliphatic hydroxyl groups is 1. The molecule has 166 valence electrons. The van der Waals surface area contributed by atoms with Crippen LogP contribution in [0.4, 0.5) is 10.1 Å². The predicted molar refractivity (Wildman–Crippen MR) is 115 cm³/mol. The molecule has 0 spiro atoms. The van der Waals surface area contributed by atoms with Gasteiger partial charge in [0.15, 0.2) is 0 Å². The highest BCUT2D eigenvalue weighted by molar-refractivity contribution is 7.99. The maximum atomic E-state index is 13.1. The summed E-state index contributed by atoms with van der Waals surface area (Å²) in [6.45, 7) is 2.67. The summed E-state index contributed by atoms with van der Waals surface area (Å²) in [7, 11) is 0. The summed E-state index contributed by atoms with van der Waals surface area (Å²) in [6, 6.07) is 3.86. The Balaban J connectivity index is 1.54. The molecule has 6 N–H and O–H groups in total. The first-order valence-electron chi connectivity index (χ1n) is 9.79. The summed E-state index contributed by atoms with van der Waals surface area (Å²) >= 11 is 1.59. The lowest BCUT2D eigenvalue weighted by atomic mass is 10.2. The van der Waals surface area contributed by atoms with Crippen LogP contribution in [0.5, 0.6) is 0 Å². The van der Waals surface area contributed by atoms with Crippen molar-refractivity contribution in [1.82, 2.24) is 16.0 Å². The van der Waals surface area contributed by atoms with Crippen LogP contribution in [0.25, 0.3) is 0 Å². The first kappa shape index (κ1) is 24.0. The van der Waals surface area contributed by atoms with E-state index in [1.807, 2.05) is 0 Å². The van der Waals surface area contributed by atoms with Gasteiger partial charge >= 0.3 is 0 Å². The molecule has 8 nitrogen and oxygen atoms in total. The smallest absolute Gasteiger partial charge is 0.251 e. The normalized spacial score (nSPS) is 18.8. The zero-order valence-corrected chi connectivity index (χ0v) is 17.8. The van der Waals surface area contributed by atoms with Gasteiger partial charge in [-0.1, -0.05) is 0 Å². The maximum Gasteiger partial charge on any atom is 0.251 e. The van der Waals surface area contributed by atoms with Gasteiger partial charge in [-0.25, -0.2) is 4.39 Å². The second kappa shape index (κ2) is 12.4. The molecule has 0 radical (unpaired) electrons. The van der Waals surface area contributed by atoms with E-state index in [0.29, 0.717) is 35.7 Å². The lowest BCUT2D eigenvalue weighted by Gasteiger charge is -2.13. The number of rotatable bonds is 11. The van der Waals surface area contributed by atoms with E-state index in [1.165, 1.54) is 18.2 Å². The molecule has 2 atom stereocenters. The first-order chi connectivity index (χ1) is 14.4. The van der Waals surface area contributed by atoms with E-state index in [4.69, 9.17) is 15.6 Å². The number of nitrogens with two attached hydrogens (primary N) is 1. The highest BCUT2D eigenvalue weighted by Gasteiger charge is 2.23. The Hall–Kier alpha value is -2.30. The third-order valence-electron chi connectivity index (χ3n) is 4.48. The highest BCUT2D eigenvalue weighted by atomic mass is 32.2. The van der Waals surface area contributed by atoms with Crippen LogP contribution in [0.1, 0.15) is 30.1 Å². The number of anilines is 1. The monoisotopic (exact) mass is 440 g/mol. The summed E-state index contributed by atoms with van der Waals surface area (Å²) in [5.74, 6) is 0.366. The summed E-state index contributed by atoms with van der Waals surface area (Å²) in [5, 5.41) is 17.7. The van der Waals surface area contributed by atoms with Crippen molar-refractivity contribution in [3.05, 3.63) is 41.4 Å². The lowest BCUT2D eigenvalue weighted by molar-refractivity contribution is -0.117. The Kier molecular flexibility index (Phi) is 9.92. The molecular weight excluding hydrogens is 411 g/mol. The van der Waals surface area contributed by atoms with E-state index < -0.39 is 5.82 Å². The zero-order valence-electron chi connectivity index (χ0n) is 16.9. The SMILES string of the molecule is C/C(=C/NC1CC[C@@H](CO)O1)C(=O)NCCSCCNC(=O)c1ccc(F)c(N)c1. The molecule has 1 aromatic carbocycles. The summed E-state index contributed by atoms with van der Waals surface area (Å²) in [6.07, 6.45) is 2.90. The number of halogens is 1. The largest absolute Gasteiger partial charge is 0.396 e.